The van der Waals surface area contributed by atoms with E-state index in [-0.39, 0.29) is 18.1 Å². The summed E-state index contributed by atoms with van der Waals surface area (Å²) in [6.45, 7) is 6.93. The Labute approximate surface area is 197 Å². The van der Waals surface area contributed by atoms with Gasteiger partial charge in [0.25, 0.3) is 0 Å². The Balaban J connectivity index is 1.34. The summed E-state index contributed by atoms with van der Waals surface area (Å²) in [4.78, 5) is 34.6. The van der Waals surface area contributed by atoms with Gasteiger partial charge in [-0.1, -0.05) is 30.3 Å². The number of benzene rings is 2. The number of aryl methyl sites for hydroxylation is 2. The summed E-state index contributed by atoms with van der Waals surface area (Å²) in [5.74, 6) is 0.353. The Morgan fingerprint density at radius 1 is 1.00 bits per heavy atom. The van der Waals surface area contributed by atoms with Gasteiger partial charge in [-0.15, -0.1) is 5.10 Å². The van der Waals surface area contributed by atoms with E-state index in [1.165, 1.54) is 14.8 Å². The van der Waals surface area contributed by atoms with E-state index in [2.05, 4.69) is 37.3 Å². The molecule has 2 aromatic carbocycles. The van der Waals surface area contributed by atoms with Crippen molar-refractivity contribution in [2.75, 3.05) is 41.3 Å². The van der Waals surface area contributed by atoms with Gasteiger partial charge in [-0.05, 0) is 43.2 Å². The molecule has 1 amide bonds. The summed E-state index contributed by atoms with van der Waals surface area (Å²) < 4.78 is 2.65. The van der Waals surface area contributed by atoms with E-state index in [1.807, 2.05) is 50.2 Å². The van der Waals surface area contributed by atoms with Gasteiger partial charge in [0.1, 0.15) is 6.54 Å². The number of hydrogen-bond acceptors (Lipinski definition) is 6. The molecule has 0 unspecified atom stereocenters. The molecule has 1 fully saturated rings. The van der Waals surface area contributed by atoms with Crippen LogP contribution < -0.4 is 20.8 Å². The lowest BCUT2D eigenvalue weighted by Gasteiger charge is -2.36. The van der Waals surface area contributed by atoms with Crippen molar-refractivity contribution in [2.24, 2.45) is 0 Å². The molecule has 5 rings (SSSR count). The Kier molecular flexibility index (Phi) is 5.75. The number of hydrogen-bond donors (Lipinski definition) is 1. The van der Waals surface area contributed by atoms with Crippen LogP contribution in [0.1, 0.15) is 11.1 Å². The van der Waals surface area contributed by atoms with E-state index < -0.39 is 0 Å². The lowest BCUT2D eigenvalue weighted by Crippen LogP contribution is -2.47. The highest BCUT2D eigenvalue weighted by atomic mass is 16.2. The molecular weight excluding hydrogens is 430 g/mol. The molecule has 1 aliphatic heterocycles. The lowest BCUT2D eigenvalue weighted by atomic mass is 10.1. The van der Waals surface area contributed by atoms with Crippen molar-refractivity contribution in [3.8, 4) is 0 Å². The van der Waals surface area contributed by atoms with Crippen LogP contribution in [0.4, 0.5) is 17.2 Å². The number of fused-ring (bicyclic) bond motifs is 1. The van der Waals surface area contributed by atoms with Crippen molar-refractivity contribution in [3.63, 3.8) is 0 Å². The second-order valence-electron chi connectivity index (χ2n) is 8.56. The van der Waals surface area contributed by atoms with E-state index in [0.717, 1.165) is 43.0 Å². The van der Waals surface area contributed by atoms with Crippen molar-refractivity contribution >= 4 is 28.7 Å². The molecular formula is C25H27N7O2. The fourth-order valence-electron chi connectivity index (χ4n) is 4.27. The summed E-state index contributed by atoms with van der Waals surface area (Å²) in [6, 6.07) is 16.2. The van der Waals surface area contributed by atoms with Gasteiger partial charge in [-0.2, -0.15) is 0 Å². The summed E-state index contributed by atoms with van der Waals surface area (Å²) in [5.41, 5.74) is 4.04. The first-order valence-electron chi connectivity index (χ1n) is 11.4. The molecule has 34 heavy (non-hydrogen) atoms. The van der Waals surface area contributed by atoms with Gasteiger partial charge >= 0.3 is 5.69 Å². The highest BCUT2D eigenvalue weighted by molar-refractivity contribution is 5.91. The minimum absolute atomic E-state index is 0.172. The number of nitrogens with one attached hydrogen (secondary N) is 1. The Hall–Kier alpha value is -4.14. The molecule has 2 aromatic heterocycles. The lowest BCUT2D eigenvalue weighted by molar-refractivity contribution is -0.117. The van der Waals surface area contributed by atoms with E-state index in [4.69, 9.17) is 0 Å². The van der Waals surface area contributed by atoms with Crippen LogP contribution in [-0.2, 0) is 11.3 Å². The van der Waals surface area contributed by atoms with Gasteiger partial charge in [-0.25, -0.2) is 18.9 Å². The molecule has 4 aromatic rings. The van der Waals surface area contributed by atoms with Crippen molar-refractivity contribution in [3.05, 3.63) is 82.5 Å². The van der Waals surface area contributed by atoms with Crippen LogP contribution in [0.3, 0.4) is 0 Å². The second kappa shape index (κ2) is 9.01. The maximum absolute atomic E-state index is 12.9. The first-order valence-corrected chi connectivity index (χ1v) is 11.4. The van der Waals surface area contributed by atoms with E-state index in [1.54, 1.807) is 12.4 Å². The van der Waals surface area contributed by atoms with Crippen molar-refractivity contribution in [2.45, 2.75) is 20.4 Å². The zero-order valence-electron chi connectivity index (χ0n) is 19.3. The van der Waals surface area contributed by atoms with Gasteiger partial charge in [0.2, 0.25) is 11.6 Å². The number of nitrogens with zero attached hydrogens (tertiary/aromatic N) is 6. The number of anilines is 3. The number of carbonyl (C=O) groups excluding carboxylic acids is 1. The van der Waals surface area contributed by atoms with Crippen LogP contribution in [0, 0.1) is 13.8 Å². The predicted octanol–water partition coefficient (Wildman–Crippen LogP) is 2.47. The SMILES string of the molecule is Cc1ccc(C)c(NC(=O)Cn2nc3c(N4CCN(c5ccccc5)CC4)nccn3c2=O)c1. The fraction of sp³-hybridized carbons (Fsp3) is 0.280. The van der Waals surface area contributed by atoms with Crippen molar-refractivity contribution in [1.82, 2.24) is 19.2 Å². The molecule has 0 aliphatic carbocycles. The van der Waals surface area contributed by atoms with Crippen LogP contribution in [0.2, 0.25) is 0 Å². The minimum Gasteiger partial charge on any atom is -0.368 e. The molecule has 0 radical (unpaired) electrons. The zero-order chi connectivity index (χ0) is 23.7. The van der Waals surface area contributed by atoms with Crippen molar-refractivity contribution < 1.29 is 4.79 Å². The van der Waals surface area contributed by atoms with E-state index in [0.29, 0.717) is 11.5 Å². The normalized spacial score (nSPS) is 13.9. The number of piperazine rings is 1. The Morgan fingerprint density at radius 2 is 1.74 bits per heavy atom. The maximum atomic E-state index is 12.9. The number of amides is 1. The monoisotopic (exact) mass is 457 g/mol. The second-order valence-corrected chi connectivity index (χ2v) is 8.56. The van der Waals surface area contributed by atoms with Gasteiger partial charge < -0.3 is 15.1 Å². The average molecular weight is 458 g/mol. The molecule has 1 N–H and O–H groups in total. The number of carbonyl (C=O) groups is 1. The van der Waals surface area contributed by atoms with Crippen LogP contribution in [0.15, 0.2) is 65.7 Å². The number of para-hydroxylation sites is 1. The average Bonchev–Trinajstić information content (AvgIpc) is 3.17. The topological polar surface area (TPSA) is 87.8 Å². The molecule has 3 heterocycles. The molecule has 1 saturated heterocycles. The predicted molar refractivity (Wildman–Crippen MR) is 133 cm³/mol. The molecule has 0 bridgehead atoms. The Bertz CT molecular complexity index is 1390. The first-order chi connectivity index (χ1) is 16.5. The number of aromatic nitrogens is 4. The maximum Gasteiger partial charge on any atom is 0.350 e. The fourth-order valence-corrected chi connectivity index (χ4v) is 4.27. The van der Waals surface area contributed by atoms with Crippen LogP contribution in [-0.4, -0.2) is 51.3 Å². The standard InChI is InChI=1S/C25H27N7O2/c1-18-8-9-19(2)21(16-18)27-22(33)17-32-25(34)31-11-10-26-23(24(31)28-32)30-14-12-29(13-15-30)20-6-4-3-5-7-20/h3-11,16H,12-15,17H2,1-2H3,(H,27,33). The molecule has 174 valence electrons. The molecule has 1 aliphatic rings. The quantitative estimate of drug-likeness (QED) is 0.495. The third-order valence-corrected chi connectivity index (χ3v) is 6.14. The van der Waals surface area contributed by atoms with Gasteiger partial charge in [0.15, 0.2) is 5.82 Å². The van der Waals surface area contributed by atoms with Crippen LogP contribution in [0.25, 0.3) is 5.65 Å². The molecule has 0 saturated carbocycles. The minimum atomic E-state index is -0.363. The molecule has 0 atom stereocenters. The summed E-state index contributed by atoms with van der Waals surface area (Å²) >= 11 is 0. The third kappa shape index (κ3) is 4.24. The van der Waals surface area contributed by atoms with Gasteiger partial charge in [0, 0.05) is 49.9 Å². The van der Waals surface area contributed by atoms with Crippen molar-refractivity contribution in [1.29, 1.82) is 0 Å². The van der Waals surface area contributed by atoms with E-state index in [9.17, 15) is 9.59 Å². The largest absolute Gasteiger partial charge is 0.368 e. The molecule has 9 heteroatoms. The summed E-state index contributed by atoms with van der Waals surface area (Å²) in [5, 5.41) is 7.36. The first kappa shape index (κ1) is 21.7. The summed E-state index contributed by atoms with van der Waals surface area (Å²) in [7, 11) is 0. The molecule has 0 spiro atoms. The van der Waals surface area contributed by atoms with Crippen LogP contribution in [0.5, 0.6) is 0 Å². The smallest absolute Gasteiger partial charge is 0.350 e. The highest BCUT2D eigenvalue weighted by Crippen LogP contribution is 2.21. The van der Waals surface area contributed by atoms with Gasteiger partial charge in [0.05, 0.1) is 0 Å². The highest BCUT2D eigenvalue weighted by Gasteiger charge is 2.22. The summed E-state index contributed by atoms with van der Waals surface area (Å²) in [6.07, 6.45) is 3.20. The van der Waals surface area contributed by atoms with Crippen LogP contribution >= 0.6 is 0 Å². The van der Waals surface area contributed by atoms with Gasteiger partial charge in [-0.3, -0.25) is 4.79 Å². The Morgan fingerprint density at radius 3 is 2.50 bits per heavy atom. The molecule has 9 nitrogen and oxygen atoms in total. The third-order valence-electron chi connectivity index (χ3n) is 6.14. The zero-order valence-corrected chi connectivity index (χ0v) is 19.3. The van der Waals surface area contributed by atoms with E-state index >= 15 is 0 Å². The number of rotatable bonds is 5.